The summed E-state index contributed by atoms with van der Waals surface area (Å²) in [6.45, 7) is 0. The van der Waals surface area contributed by atoms with Gasteiger partial charge >= 0.3 is 0 Å². The standard InChI is InChI=1S/C8H5N3O2S/c9-4-6-1-2-8(14(11,12)13)3-7(6)5-10/h1-3H,(H2,11,12,13). The van der Waals surface area contributed by atoms with E-state index in [1.54, 1.807) is 12.1 Å². The Labute approximate surface area is 81.0 Å². The van der Waals surface area contributed by atoms with Gasteiger partial charge in [-0.25, -0.2) is 13.6 Å². The first-order chi connectivity index (χ1) is 6.49. The molecule has 0 saturated heterocycles. The summed E-state index contributed by atoms with van der Waals surface area (Å²) in [5.74, 6) is 0. The maximum Gasteiger partial charge on any atom is 0.238 e. The molecule has 0 aliphatic carbocycles. The lowest BCUT2D eigenvalue weighted by Crippen LogP contribution is -2.12. The van der Waals surface area contributed by atoms with Crippen molar-refractivity contribution in [3.63, 3.8) is 0 Å². The summed E-state index contributed by atoms with van der Waals surface area (Å²) in [5, 5.41) is 22.0. The van der Waals surface area contributed by atoms with E-state index in [9.17, 15) is 8.42 Å². The van der Waals surface area contributed by atoms with Crippen LogP contribution in [0.4, 0.5) is 0 Å². The van der Waals surface area contributed by atoms with Crippen LogP contribution in [0.25, 0.3) is 0 Å². The quantitative estimate of drug-likeness (QED) is 0.703. The Balaban J connectivity index is 3.47. The van der Waals surface area contributed by atoms with Crippen LogP contribution >= 0.6 is 0 Å². The van der Waals surface area contributed by atoms with E-state index in [4.69, 9.17) is 15.7 Å². The van der Waals surface area contributed by atoms with Crippen LogP contribution in [-0.4, -0.2) is 8.42 Å². The summed E-state index contributed by atoms with van der Waals surface area (Å²) < 4.78 is 21.8. The van der Waals surface area contributed by atoms with Gasteiger partial charge in [0.15, 0.2) is 0 Å². The Morgan fingerprint density at radius 2 is 1.71 bits per heavy atom. The minimum absolute atomic E-state index is 0.000903. The molecule has 1 aromatic carbocycles. The Bertz CT molecular complexity index is 549. The summed E-state index contributed by atoms with van der Waals surface area (Å²) in [6.07, 6.45) is 0. The number of primary sulfonamides is 1. The van der Waals surface area contributed by atoms with Gasteiger partial charge in [0.1, 0.15) is 12.1 Å². The minimum atomic E-state index is -3.82. The molecule has 0 aliphatic rings. The molecule has 0 bridgehead atoms. The van der Waals surface area contributed by atoms with Crippen LogP contribution in [-0.2, 0) is 10.0 Å². The summed E-state index contributed by atoms with van der Waals surface area (Å²) in [7, 11) is -3.82. The SMILES string of the molecule is N#Cc1ccc(S(N)(=O)=O)cc1C#N. The molecule has 70 valence electrons. The van der Waals surface area contributed by atoms with Crippen molar-refractivity contribution in [1.82, 2.24) is 0 Å². The lowest BCUT2D eigenvalue weighted by molar-refractivity contribution is 0.598. The molecule has 1 rings (SSSR count). The molecule has 0 saturated carbocycles. The molecule has 0 fully saturated rings. The van der Waals surface area contributed by atoms with Crippen LogP contribution in [0.2, 0.25) is 0 Å². The normalized spacial score (nSPS) is 10.2. The molecule has 0 amide bonds. The molecule has 0 spiro atoms. The highest BCUT2D eigenvalue weighted by Gasteiger charge is 2.10. The Morgan fingerprint density at radius 3 is 2.14 bits per heavy atom. The van der Waals surface area contributed by atoms with Crippen LogP contribution in [0.5, 0.6) is 0 Å². The van der Waals surface area contributed by atoms with E-state index >= 15 is 0 Å². The van der Waals surface area contributed by atoms with Gasteiger partial charge in [-0.05, 0) is 18.2 Å². The number of nitrogens with zero attached hydrogens (tertiary/aromatic N) is 2. The first kappa shape index (κ1) is 10.2. The number of hydrogen-bond donors (Lipinski definition) is 1. The Kier molecular flexibility index (Phi) is 2.52. The fraction of sp³-hybridized carbons (Fsp3) is 0. The molecule has 0 aliphatic heterocycles. The molecule has 5 nitrogen and oxygen atoms in total. The van der Waals surface area contributed by atoms with Gasteiger partial charge in [-0.15, -0.1) is 0 Å². The summed E-state index contributed by atoms with van der Waals surface area (Å²) in [5.41, 5.74) is 0.124. The van der Waals surface area contributed by atoms with E-state index in [0.29, 0.717) is 0 Å². The maximum absolute atomic E-state index is 10.9. The lowest BCUT2D eigenvalue weighted by atomic mass is 10.1. The first-order valence-corrected chi connectivity index (χ1v) is 5.00. The van der Waals surface area contributed by atoms with Gasteiger partial charge in [0, 0.05) is 0 Å². The smallest absolute Gasteiger partial charge is 0.225 e. The summed E-state index contributed by atoms with van der Waals surface area (Å²) >= 11 is 0. The van der Waals surface area contributed by atoms with Crippen molar-refractivity contribution >= 4 is 10.0 Å². The first-order valence-electron chi connectivity index (χ1n) is 3.46. The third-order valence-corrected chi connectivity index (χ3v) is 2.47. The third-order valence-electron chi connectivity index (χ3n) is 1.56. The minimum Gasteiger partial charge on any atom is -0.225 e. The largest absolute Gasteiger partial charge is 0.238 e. The van der Waals surface area contributed by atoms with Crippen molar-refractivity contribution in [1.29, 1.82) is 10.5 Å². The molecule has 6 heteroatoms. The van der Waals surface area contributed by atoms with E-state index in [2.05, 4.69) is 0 Å². The summed E-state index contributed by atoms with van der Waals surface area (Å²) in [4.78, 5) is -0.173. The number of benzene rings is 1. The van der Waals surface area contributed by atoms with E-state index in [0.717, 1.165) is 6.07 Å². The van der Waals surface area contributed by atoms with E-state index < -0.39 is 10.0 Å². The zero-order valence-corrected chi connectivity index (χ0v) is 7.75. The van der Waals surface area contributed by atoms with Gasteiger partial charge in [-0.2, -0.15) is 10.5 Å². The van der Waals surface area contributed by atoms with Crippen molar-refractivity contribution in [3.05, 3.63) is 29.3 Å². The molecular formula is C8H5N3O2S. The molecule has 0 unspecified atom stereocenters. The number of rotatable bonds is 1. The van der Waals surface area contributed by atoms with Crippen molar-refractivity contribution in [3.8, 4) is 12.1 Å². The summed E-state index contributed by atoms with van der Waals surface area (Å²) in [6, 6.07) is 7.00. The molecule has 0 atom stereocenters. The number of nitriles is 2. The van der Waals surface area contributed by atoms with Crippen LogP contribution in [0.3, 0.4) is 0 Å². The molecule has 0 heterocycles. The van der Waals surface area contributed by atoms with Gasteiger partial charge in [0.25, 0.3) is 0 Å². The fourth-order valence-electron chi connectivity index (χ4n) is 0.890. The highest BCUT2D eigenvalue weighted by Crippen LogP contribution is 2.13. The zero-order chi connectivity index (χ0) is 10.8. The molecule has 0 aromatic heterocycles. The second-order valence-electron chi connectivity index (χ2n) is 2.48. The van der Waals surface area contributed by atoms with Gasteiger partial charge in [-0.1, -0.05) is 0 Å². The van der Waals surface area contributed by atoms with Crippen LogP contribution < -0.4 is 5.14 Å². The molecule has 2 N–H and O–H groups in total. The second-order valence-corrected chi connectivity index (χ2v) is 4.04. The van der Waals surface area contributed by atoms with Gasteiger partial charge < -0.3 is 0 Å². The average Bonchev–Trinajstić information content (AvgIpc) is 2.15. The molecule has 0 radical (unpaired) electrons. The Hall–Kier alpha value is -1.89. The number of nitrogens with two attached hydrogens (primary N) is 1. The second kappa shape index (κ2) is 3.46. The predicted octanol–water partition coefficient (Wildman–Crippen LogP) is 0.0774. The molecular weight excluding hydrogens is 202 g/mol. The van der Waals surface area contributed by atoms with Gasteiger partial charge in [0.05, 0.1) is 16.0 Å². The fourth-order valence-corrected chi connectivity index (χ4v) is 1.43. The van der Waals surface area contributed by atoms with Crippen LogP contribution in [0, 0.1) is 22.7 Å². The van der Waals surface area contributed by atoms with Gasteiger partial charge in [0.2, 0.25) is 10.0 Å². The zero-order valence-electron chi connectivity index (χ0n) is 6.93. The highest BCUT2D eigenvalue weighted by atomic mass is 32.2. The van der Waals surface area contributed by atoms with Crippen molar-refractivity contribution in [2.75, 3.05) is 0 Å². The number of hydrogen-bond acceptors (Lipinski definition) is 4. The van der Waals surface area contributed by atoms with Crippen LogP contribution in [0.15, 0.2) is 23.1 Å². The predicted molar refractivity (Wildman–Crippen MR) is 47.2 cm³/mol. The topological polar surface area (TPSA) is 108 Å². The number of sulfonamides is 1. The lowest BCUT2D eigenvalue weighted by Gasteiger charge is -1.98. The maximum atomic E-state index is 10.9. The third kappa shape index (κ3) is 1.88. The van der Waals surface area contributed by atoms with Crippen molar-refractivity contribution in [2.45, 2.75) is 4.90 Å². The highest BCUT2D eigenvalue weighted by molar-refractivity contribution is 7.89. The van der Waals surface area contributed by atoms with E-state index in [1.807, 2.05) is 0 Å². The average molecular weight is 207 g/mol. The van der Waals surface area contributed by atoms with Crippen molar-refractivity contribution in [2.24, 2.45) is 5.14 Å². The van der Waals surface area contributed by atoms with E-state index in [1.165, 1.54) is 12.1 Å². The molecule has 14 heavy (non-hydrogen) atoms. The van der Waals surface area contributed by atoms with Crippen molar-refractivity contribution < 1.29 is 8.42 Å². The monoisotopic (exact) mass is 207 g/mol. The Morgan fingerprint density at radius 1 is 1.14 bits per heavy atom. The van der Waals surface area contributed by atoms with E-state index in [-0.39, 0.29) is 16.0 Å². The van der Waals surface area contributed by atoms with Gasteiger partial charge in [-0.3, -0.25) is 0 Å². The van der Waals surface area contributed by atoms with Crippen LogP contribution in [0.1, 0.15) is 11.1 Å². The molecule has 1 aromatic rings.